The molecule has 0 radical (unpaired) electrons. The van der Waals surface area contributed by atoms with Crippen LogP contribution < -0.4 is 4.90 Å². The highest BCUT2D eigenvalue weighted by Gasteiger charge is 2.17. The number of rotatable bonds is 12. The predicted molar refractivity (Wildman–Crippen MR) is 262 cm³/mol. The average Bonchev–Trinajstić information content (AvgIpc) is 3.66. The van der Waals surface area contributed by atoms with Crippen LogP contribution in [0.25, 0.3) is 71.6 Å². The Balaban J connectivity index is 1.02. The number of aryl methyl sites for hydroxylation is 1. The highest BCUT2D eigenvalue weighted by atomic mass is 15.1. The smallest absolute Gasteiger partial charge is 0.0541 e. The summed E-state index contributed by atoms with van der Waals surface area (Å²) < 4.78 is 2.38. The van der Waals surface area contributed by atoms with E-state index in [4.69, 9.17) is 0 Å². The van der Waals surface area contributed by atoms with Crippen LogP contribution in [0.5, 0.6) is 0 Å². The van der Waals surface area contributed by atoms with Crippen LogP contribution in [0.4, 0.5) is 17.1 Å². The summed E-state index contributed by atoms with van der Waals surface area (Å²) in [5.41, 5.74) is 15.5. The monoisotopic (exact) mass is 784 g/mol. The second kappa shape index (κ2) is 16.7. The summed E-state index contributed by atoms with van der Waals surface area (Å²) in [6.45, 7) is 6.26. The van der Waals surface area contributed by atoms with Crippen molar-refractivity contribution in [1.82, 2.24) is 4.57 Å². The summed E-state index contributed by atoms with van der Waals surface area (Å²) in [6, 6.07) is 77.6. The van der Waals surface area contributed by atoms with Crippen molar-refractivity contribution in [2.45, 2.75) is 26.2 Å². The molecule has 0 aliphatic heterocycles. The molecule has 1 heterocycles. The molecule has 0 fully saturated rings. The van der Waals surface area contributed by atoms with Crippen LogP contribution in [0.2, 0.25) is 0 Å². The van der Waals surface area contributed by atoms with Crippen LogP contribution in [-0.4, -0.2) is 4.57 Å². The Bertz CT molecular complexity index is 3060. The molecule has 10 aromatic rings. The lowest BCUT2D eigenvalue weighted by atomic mass is 9.91. The molecular weight excluding hydrogens is 737 g/mol. The molecule has 0 saturated carbocycles. The van der Waals surface area contributed by atoms with Gasteiger partial charge in [-0.05, 0) is 136 Å². The summed E-state index contributed by atoms with van der Waals surface area (Å²) in [4.78, 5) is 2.39. The Morgan fingerprint density at radius 2 is 1.03 bits per heavy atom. The van der Waals surface area contributed by atoms with Crippen molar-refractivity contribution in [3.8, 4) is 39.1 Å². The highest BCUT2D eigenvalue weighted by molar-refractivity contribution is 6.09. The van der Waals surface area contributed by atoms with Crippen molar-refractivity contribution in [2.75, 3.05) is 4.90 Å². The van der Waals surface area contributed by atoms with E-state index in [2.05, 4.69) is 235 Å². The van der Waals surface area contributed by atoms with Crippen molar-refractivity contribution in [3.63, 3.8) is 0 Å². The van der Waals surface area contributed by atoms with E-state index in [9.17, 15) is 0 Å². The van der Waals surface area contributed by atoms with E-state index in [1.165, 1.54) is 71.5 Å². The van der Waals surface area contributed by atoms with Gasteiger partial charge in [0.15, 0.2) is 0 Å². The van der Waals surface area contributed by atoms with Gasteiger partial charge in [0.2, 0.25) is 0 Å². The minimum absolute atomic E-state index is 0.622. The Hall–Kier alpha value is -7.42. The number of aromatic nitrogens is 1. The van der Waals surface area contributed by atoms with E-state index in [0.29, 0.717) is 5.92 Å². The molecule has 0 aliphatic rings. The molecule has 1 atom stereocenters. The first-order chi connectivity index (χ1) is 30.1. The Kier molecular flexibility index (Phi) is 10.3. The number of hydrogen-bond donors (Lipinski definition) is 0. The summed E-state index contributed by atoms with van der Waals surface area (Å²) >= 11 is 0. The number of fused-ring (bicyclic) bond motifs is 4. The van der Waals surface area contributed by atoms with Gasteiger partial charge in [-0.3, -0.25) is 0 Å². The van der Waals surface area contributed by atoms with Crippen molar-refractivity contribution in [1.29, 1.82) is 0 Å². The molecule has 1 aromatic heterocycles. The van der Waals surface area contributed by atoms with Gasteiger partial charge >= 0.3 is 0 Å². The summed E-state index contributed by atoms with van der Waals surface area (Å²) in [6.07, 6.45) is 5.29. The molecule has 9 aromatic carbocycles. The van der Waals surface area contributed by atoms with E-state index < -0.39 is 0 Å². The van der Waals surface area contributed by atoms with Crippen LogP contribution in [0.3, 0.4) is 0 Å². The molecule has 61 heavy (non-hydrogen) atoms. The molecule has 2 nitrogen and oxygen atoms in total. The molecule has 2 heteroatoms. The SMILES string of the molecule is C=CCC(C)CCc1ccc(N(c2ccc(-c3cccc4cccc(-c5ccccc5)c34)cc2)c2cccc(-c3ccc(-n4c5ccccc5c5ccccc54)cc3)c2)cc1. The predicted octanol–water partition coefficient (Wildman–Crippen LogP) is 16.6. The average molecular weight is 785 g/mol. The Labute approximate surface area is 359 Å². The molecule has 0 saturated heterocycles. The zero-order valence-electron chi connectivity index (χ0n) is 34.6. The normalized spacial score (nSPS) is 11.9. The lowest BCUT2D eigenvalue weighted by molar-refractivity contribution is 0.541. The Morgan fingerprint density at radius 3 is 1.67 bits per heavy atom. The first kappa shape index (κ1) is 37.8. The third-order valence-electron chi connectivity index (χ3n) is 12.3. The number of anilines is 3. The molecule has 0 N–H and O–H groups in total. The lowest BCUT2D eigenvalue weighted by Crippen LogP contribution is -2.10. The molecule has 294 valence electrons. The van der Waals surface area contributed by atoms with Gasteiger partial charge in [-0.25, -0.2) is 0 Å². The quantitative estimate of drug-likeness (QED) is 0.112. The largest absolute Gasteiger partial charge is 0.310 e. The molecule has 0 bridgehead atoms. The zero-order valence-corrected chi connectivity index (χ0v) is 34.6. The number of hydrogen-bond acceptors (Lipinski definition) is 1. The summed E-state index contributed by atoms with van der Waals surface area (Å²) in [7, 11) is 0. The minimum Gasteiger partial charge on any atom is -0.310 e. The first-order valence-electron chi connectivity index (χ1n) is 21.5. The molecule has 1 unspecified atom stereocenters. The van der Waals surface area contributed by atoms with Gasteiger partial charge in [-0.2, -0.15) is 0 Å². The van der Waals surface area contributed by atoms with E-state index in [1.54, 1.807) is 0 Å². The number of nitrogens with zero attached hydrogens (tertiary/aromatic N) is 2. The number of allylic oxidation sites excluding steroid dienone is 1. The summed E-state index contributed by atoms with van der Waals surface area (Å²) in [5, 5.41) is 5.05. The maximum Gasteiger partial charge on any atom is 0.0541 e. The molecule has 0 aliphatic carbocycles. The number of benzene rings is 9. The van der Waals surface area contributed by atoms with E-state index in [-0.39, 0.29) is 0 Å². The van der Waals surface area contributed by atoms with Gasteiger partial charge in [0.05, 0.1) is 11.0 Å². The van der Waals surface area contributed by atoms with Gasteiger partial charge in [0, 0.05) is 33.5 Å². The topological polar surface area (TPSA) is 8.17 Å². The Morgan fingerprint density at radius 1 is 0.492 bits per heavy atom. The standard InChI is InChI=1S/C59H48N2/c1-3-14-42(2)27-28-43-29-35-49(36-30-43)60(50-39-33-46(34-40-50)54-24-13-18-47-17-12-23-53(59(47)54)45-15-5-4-6-16-45)52-20-11-19-48(41-52)44-31-37-51(38-32-44)61-57-25-9-7-21-55(57)56-22-8-10-26-58(56)61/h3-13,15-26,29-42H,1,14,27-28H2,2H3. The maximum atomic E-state index is 3.95. The minimum atomic E-state index is 0.622. The highest BCUT2D eigenvalue weighted by Crippen LogP contribution is 2.41. The molecule has 10 rings (SSSR count). The van der Waals surface area contributed by atoms with Crippen LogP contribution in [0.15, 0.2) is 225 Å². The van der Waals surface area contributed by atoms with Crippen LogP contribution in [-0.2, 0) is 6.42 Å². The van der Waals surface area contributed by atoms with Crippen LogP contribution >= 0.6 is 0 Å². The van der Waals surface area contributed by atoms with Gasteiger partial charge in [-0.15, -0.1) is 6.58 Å². The molecule has 0 spiro atoms. The third-order valence-corrected chi connectivity index (χ3v) is 12.3. The molecular formula is C59H48N2. The molecule has 0 amide bonds. The number of para-hydroxylation sites is 2. The summed E-state index contributed by atoms with van der Waals surface area (Å²) in [5.74, 6) is 0.622. The van der Waals surface area contributed by atoms with Gasteiger partial charge in [0.25, 0.3) is 0 Å². The van der Waals surface area contributed by atoms with Crippen molar-refractivity contribution in [2.24, 2.45) is 5.92 Å². The second-order valence-corrected chi connectivity index (χ2v) is 16.3. The third kappa shape index (κ3) is 7.43. The van der Waals surface area contributed by atoms with E-state index in [1.807, 2.05) is 6.08 Å². The fourth-order valence-electron chi connectivity index (χ4n) is 9.13. The van der Waals surface area contributed by atoms with E-state index >= 15 is 0 Å². The fraction of sp³-hybridized carbons (Fsp3) is 0.0847. The van der Waals surface area contributed by atoms with Crippen molar-refractivity contribution < 1.29 is 0 Å². The zero-order chi connectivity index (χ0) is 41.1. The van der Waals surface area contributed by atoms with Gasteiger partial charge < -0.3 is 9.47 Å². The maximum absolute atomic E-state index is 3.95. The fourth-order valence-corrected chi connectivity index (χ4v) is 9.13. The second-order valence-electron chi connectivity index (χ2n) is 16.3. The van der Waals surface area contributed by atoms with Crippen molar-refractivity contribution in [3.05, 3.63) is 231 Å². The van der Waals surface area contributed by atoms with Gasteiger partial charge in [0.1, 0.15) is 0 Å². The van der Waals surface area contributed by atoms with Crippen LogP contribution in [0, 0.1) is 5.92 Å². The lowest BCUT2D eigenvalue weighted by Gasteiger charge is -2.26. The van der Waals surface area contributed by atoms with Crippen LogP contribution in [0.1, 0.15) is 25.3 Å². The van der Waals surface area contributed by atoms with Crippen molar-refractivity contribution >= 4 is 49.6 Å². The van der Waals surface area contributed by atoms with Gasteiger partial charge in [-0.1, -0.05) is 165 Å². The van der Waals surface area contributed by atoms with E-state index in [0.717, 1.165) is 42.0 Å². The first-order valence-corrected chi connectivity index (χ1v) is 21.5.